The van der Waals surface area contributed by atoms with Crippen LogP contribution in [0, 0.1) is 0 Å². The van der Waals surface area contributed by atoms with Crippen LogP contribution in [-0.2, 0) is 9.68 Å². The minimum absolute atomic E-state index is 0.474. The first-order valence-corrected chi connectivity index (χ1v) is 7.95. The van der Waals surface area contributed by atoms with Gasteiger partial charge in [0.1, 0.15) is 0 Å². The van der Waals surface area contributed by atoms with E-state index in [0.29, 0.717) is 5.75 Å². The summed E-state index contributed by atoms with van der Waals surface area (Å²) in [5.74, 6) is -0.0168. The maximum Gasteiger partial charge on any atom is 0.352 e. The van der Waals surface area contributed by atoms with Crippen LogP contribution in [-0.4, -0.2) is 11.0 Å². The van der Waals surface area contributed by atoms with Gasteiger partial charge < -0.3 is 0 Å². The molecule has 4 rings (SSSR count). The minimum Gasteiger partial charge on any atom is -0.287 e. The predicted octanol–water partition coefficient (Wildman–Crippen LogP) is 4.91. The molecular weight excluding hydrogens is 314 g/mol. The number of benzene rings is 3. The van der Waals surface area contributed by atoms with E-state index in [2.05, 4.69) is 17.0 Å². The fourth-order valence-electron chi connectivity index (χ4n) is 2.93. The van der Waals surface area contributed by atoms with Crippen molar-refractivity contribution in [3.8, 4) is 16.9 Å². The molecule has 3 aromatic carbocycles. The molecule has 0 aliphatic rings. The number of hydrogen-bond acceptors (Lipinski definition) is 4. The molecule has 0 N–H and O–H groups in total. The van der Waals surface area contributed by atoms with Crippen LogP contribution in [0.4, 0.5) is 0 Å². The average Bonchev–Trinajstić information content (AvgIpc) is 2.65. The van der Waals surface area contributed by atoms with E-state index in [0.717, 1.165) is 32.9 Å². The van der Waals surface area contributed by atoms with Crippen LogP contribution < -0.4 is 4.89 Å². The van der Waals surface area contributed by atoms with Crippen LogP contribution in [0.1, 0.15) is 6.92 Å². The topological polar surface area (TPSA) is 48.4 Å². The molecule has 4 heteroatoms. The highest BCUT2D eigenvalue weighted by molar-refractivity contribution is 6.09. The average molecular weight is 329 g/mol. The summed E-state index contributed by atoms with van der Waals surface area (Å²) >= 11 is 0. The summed E-state index contributed by atoms with van der Waals surface area (Å²) in [6.07, 6.45) is 0. The number of pyridine rings is 1. The lowest BCUT2D eigenvalue weighted by Gasteiger charge is -2.11. The maximum atomic E-state index is 10.8. The Bertz CT molecular complexity index is 1020. The zero-order chi connectivity index (χ0) is 17.2. The fourth-order valence-corrected chi connectivity index (χ4v) is 2.93. The van der Waals surface area contributed by atoms with E-state index in [1.807, 2.05) is 48.5 Å². The van der Waals surface area contributed by atoms with Crippen LogP contribution in [0.25, 0.3) is 32.9 Å². The van der Waals surface area contributed by atoms with Crippen LogP contribution in [0.15, 0.2) is 72.8 Å². The minimum atomic E-state index is -0.491. The van der Waals surface area contributed by atoms with Gasteiger partial charge in [0.15, 0.2) is 5.75 Å². The second kappa shape index (κ2) is 6.24. The Hall–Kier alpha value is -3.40. The van der Waals surface area contributed by atoms with E-state index in [4.69, 9.17) is 9.87 Å². The molecule has 0 saturated carbocycles. The summed E-state index contributed by atoms with van der Waals surface area (Å²) in [4.78, 5) is 25.1. The molecule has 0 atom stereocenters. The molecule has 25 heavy (non-hydrogen) atoms. The van der Waals surface area contributed by atoms with Crippen molar-refractivity contribution in [3.63, 3.8) is 0 Å². The van der Waals surface area contributed by atoms with Crippen molar-refractivity contribution >= 4 is 27.8 Å². The molecule has 122 valence electrons. The largest absolute Gasteiger partial charge is 0.352 e. The Morgan fingerprint density at radius 2 is 1.36 bits per heavy atom. The van der Waals surface area contributed by atoms with Crippen molar-refractivity contribution in [2.75, 3.05) is 0 Å². The van der Waals surface area contributed by atoms with E-state index < -0.39 is 5.97 Å². The Balaban J connectivity index is 1.88. The van der Waals surface area contributed by atoms with Crippen LogP contribution in [0.5, 0.6) is 5.75 Å². The van der Waals surface area contributed by atoms with Crippen molar-refractivity contribution < 1.29 is 14.6 Å². The Morgan fingerprint density at radius 3 is 1.92 bits per heavy atom. The number of fused-ring (bicyclic) bond motifs is 2. The van der Waals surface area contributed by atoms with Crippen LogP contribution in [0.3, 0.4) is 0 Å². The second-order valence-corrected chi connectivity index (χ2v) is 5.70. The number of nitrogens with zero attached hydrogens (tertiary/aromatic N) is 1. The van der Waals surface area contributed by atoms with Gasteiger partial charge in [-0.1, -0.05) is 48.5 Å². The molecule has 0 bridgehead atoms. The molecule has 0 saturated heterocycles. The van der Waals surface area contributed by atoms with Gasteiger partial charge in [-0.15, -0.1) is 0 Å². The zero-order valence-corrected chi connectivity index (χ0v) is 13.6. The highest BCUT2D eigenvalue weighted by Gasteiger charge is 2.11. The summed E-state index contributed by atoms with van der Waals surface area (Å²) in [7, 11) is 0. The van der Waals surface area contributed by atoms with Gasteiger partial charge >= 0.3 is 5.97 Å². The lowest BCUT2D eigenvalue weighted by Crippen LogP contribution is -2.02. The first kappa shape index (κ1) is 15.1. The molecule has 0 amide bonds. The van der Waals surface area contributed by atoms with Crippen molar-refractivity contribution in [1.82, 2.24) is 4.98 Å². The number of hydrogen-bond donors (Lipinski definition) is 0. The molecule has 0 unspecified atom stereocenters. The fraction of sp³-hybridized carbons (Fsp3) is 0.0476. The third-order valence-electron chi connectivity index (χ3n) is 3.99. The summed E-state index contributed by atoms with van der Waals surface area (Å²) in [6.45, 7) is 1.30. The molecule has 1 aromatic heterocycles. The standard InChI is InChI=1S/C21H15NO3/c1-14(23)24-25-16-12-10-15(11-13-16)21-17-6-2-4-8-19(17)22-20-9-5-3-7-18(20)21/h2-13H,1H3. The maximum absolute atomic E-state index is 10.8. The van der Waals surface area contributed by atoms with Gasteiger partial charge in [-0.3, -0.25) is 9.78 Å². The Kier molecular flexibility index (Phi) is 3.78. The van der Waals surface area contributed by atoms with E-state index in [1.165, 1.54) is 6.92 Å². The molecule has 4 nitrogen and oxygen atoms in total. The van der Waals surface area contributed by atoms with Crippen LogP contribution >= 0.6 is 0 Å². The van der Waals surface area contributed by atoms with Crippen molar-refractivity contribution in [3.05, 3.63) is 72.8 Å². The number of rotatable bonds is 3. The molecular formula is C21H15NO3. The van der Waals surface area contributed by atoms with E-state index >= 15 is 0 Å². The van der Waals surface area contributed by atoms with Gasteiger partial charge in [0.05, 0.1) is 11.0 Å². The normalized spacial score (nSPS) is 10.8. The lowest BCUT2D eigenvalue weighted by molar-refractivity contribution is -0.210. The summed E-state index contributed by atoms with van der Waals surface area (Å²) < 4.78 is 0. The smallest absolute Gasteiger partial charge is 0.287 e. The number of para-hydroxylation sites is 2. The number of aromatic nitrogens is 1. The highest BCUT2D eigenvalue weighted by Crippen LogP contribution is 2.35. The van der Waals surface area contributed by atoms with Crippen molar-refractivity contribution in [2.45, 2.75) is 6.92 Å². The quantitative estimate of drug-likeness (QED) is 0.304. The third-order valence-corrected chi connectivity index (χ3v) is 3.99. The predicted molar refractivity (Wildman–Crippen MR) is 97.1 cm³/mol. The first-order valence-electron chi connectivity index (χ1n) is 7.95. The second-order valence-electron chi connectivity index (χ2n) is 5.70. The van der Waals surface area contributed by atoms with E-state index in [-0.39, 0.29) is 0 Å². The lowest BCUT2D eigenvalue weighted by atomic mass is 9.96. The molecule has 0 fully saturated rings. The molecule has 0 spiro atoms. The summed E-state index contributed by atoms with van der Waals surface area (Å²) in [5, 5.41) is 2.18. The highest BCUT2D eigenvalue weighted by atomic mass is 17.2. The van der Waals surface area contributed by atoms with Crippen LogP contribution in [0.2, 0.25) is 0 Å². The van der Waals surface area contributed by atoms with Gasteiger partial charge in [-0.2, -0.15) is 0 Å². The summed E-state index contributed by atoms with van der Waals surface area (Å²) in [5.41, 5.74) is 4.08. The molecule has 0 aliphatic heterocycles. The van der Waals surface area contributed by atoms with Gasteiger partial charge in [-0.05, 0) is 29.8 Å². The summed E-state index contributed by atoms with van der Waals surface area (Å²) in [6, 6.07) is 23.7. The number of carbonyl (C=O) groups excluding carboxylic acids is 1. The monoisotopic (exact) mass is 329 g/mol. The molecule has 1 heterocycles. The van der Waals surface area contributed by atoms with Gasteiger partial charge in [0, 0.05) is 23.3 Å². The molecule has 0 radical (unpaired) electrons. The first-order chi connectivity index (χ1) is 12.2. The number of carbonyl (C=O) groups is 1. The zero-order valence-electron chi connectivity index (χ0n) is 13.6. The third kappa shape index (κ3) is 2.90. The SMILES string of the molecule is CC(=O)OOc1ccc(-c2c3ccccc3nc3ccccc23)cc1. The van der Waals surface area contributed by atoms with Gasteiger partial charge in [-0.25, -0.2) is 9.78 Å². The molecule has 0 aliphatic carbocycles. The van der Waals surface area contributed by atoms with Gasteiger partial charge in [0.2, 0.25) is 0 Å². The van der Waals surface area contributed by atoms with Gasteiger partial charge in [0.25, 0.3) is 0 Å². The Labute approximate surface area is 144 Å². The van der Waals surface area contributed by atoms with E-state index in [9.17, 15) is 4.79 Å². The van der Waals surface area contributed by atoms with E-state index in [1.54, 1.807) is 12.1 Å². The van der Waals surface area contributed by atoms with Crippen molar-refractivity contribution in [2.24, 2.45) is 0 Å². The Morgan fingerprint density at radius 1 is 0.800 bits per heavy atom. The van der Waals surface area contributed by atoms with Crippen molar-refractivity contribution in [1.29, 1.82) is 0 Å². The molecule has 4 aromatic rings.